The van der Waals surface area contributed by atoms with Crippen LogP contribution in [0.4, 0.5) is 13.2 Å². The van der Waals surface area contributed by atoms with Gasteiger partial charge < -0.3 is 0 Å². The van der Waals surface area contributed by atoms with Crippen molar-refractivity contribution in [3.63, 3.8) is 0 Å². The Labute approximate surface area is 132 Å². The number of alkyl halides is 3. The number of pyridine rings is 1. The van der Waals surface area contributed by atoms with Crippen molar-refractivity contribution in [2.75, 3.05) is 0 Å². The smallest absolute Gasteiger partial charge is 0.253 e. The average molecular weight is 312 g/mol. The molecule has 0 N–H and O–H groups in total. The molecular weight excluding hydrogens is 299 g/mol. The van der Waals surface area contributed by atoms with Crippen LogP contribution in [0, 0.1) is 13.0 Å². The Morgan fingerprint density at radius 3 is 2.26 bits per heavy atom. The summed E-state index contributed by atoms with van der Waals surface area (Å²) >= 11 is 0. The van der Waals surface area contributed by atoms with E-state index >= 15 is 0 Å². The van der Waals surface area contributed by atoms with Crippen LogP contribution in [0.25, 0.3) is 22.4 Å². The van der Waals surface area contributed by atoms with Crippen LogP contribution in [0.15, 0.2) is 60.7 Å². The van der Waals surface area contributed by atoms with Gasteiger partial charge in [-0.2, -0.15) is 13.2 Å². The third-order valence-corrected chi connectivity index (χ3v) is 3.50. The van der Waals surface area contributed by atoms with Crippen molar-refractivity contribution >= 4 is 0 Å². The third kappa shape index (κ3) is 3.42. The van der Waals surface area contributed by atoms with E-state index < -0.39 is 11.7 Å². The number of nitrogens with zero attached hydrogens (tertiary/aromatic N) is 1. The number of aromatic nitrogens is 1. The summed E-state index contributed by atoms with van der Waals surface area (Å²) < 4.78 is 38.0. The average Bonchev–Trinajstić information content (AvgIpc) is 2.54. The molecule has 0 aliphatic carbocycles. The predicted molar refractivity (Wildman–Crippen MR) is 83.7 cm³/mol. The fraction of sp³-hybridized carbons (Fsp3) is 0.105. The molecule has 0 bridgehead atoms. The highest BCUT2D eigenvalue weighted by atomic mass is 19.4. The van der Waals surface area contributed by atoms with Crippen LogP contribution in [0.1, 0.15) is 11.3 Å². The molecule has 23 heavy (non-hydrogen) atoms. The lowest BCUT2D eigenvalue weighted by Gasteiger charge is -2.10. The van der Waals surface area contributed by atoms with Crippen LogP contribution in [-0.2, 0) is 6.18 Å². The molecule has 0 amide bonds. The Morgan fingerprint density at radius 2 is 1.65 bits per heavy atom. The second kappa shape index (κ2) is 5.88. The maximum atomic E-state index is 12.7. The Bertz CT molecular complexity index is 806. The molecule has 2 aromatic carbocycles. The van der Waals surface area contributed by atoms with E-state index in [4.69, 9.17) is 0 Å². The fourth-order valence-electron chi connectivity index (χ4n) is 2.39. The highest BCUT2D eigenvalue weighted by Gasteiger charge is 2.29. The molecule has 1 nitrogen and oxygen atoms in total. The Balaban J connectivity index is 2.02. The molecule has 1 aromatic heterocycles. The van der Waals surface area contributed by atoms with Gasteiger partial charge >= 0.3 is 6.18 Å². The molecule has 0 fully saturated rings. The zero-order chi connectivity index (χ0) is 16.4. The van der Waals surface area contributed by atoms with E-state index in [1.54, 1.807) is 6.07 Å². The first-order valence-electron chi connectivity index (χ1n) is 7.06. The maximum absolute atomic E-state index is 12.7. The van der Waals surface area contributed by atoms with Gasteiger partial charge in [0, 0.05) is 11.3 Å². The van der Waals surface area contributed by atoms with Crippen LogP contribution in [-0.4, -0.2) is 4.98 Å². The molecule has 0 saturated carbocycles. The predicted octanol–water partition coefficient (Wildman–Crippen LogP) is 5.54. The van der Waals surface area contributed by atoms with Gasteiger partial charge in [0.05, 0.1) is 11.3 Å². The molecule has 4 heteroatoms. The number of hydrogen-bond acceptors (Lipinski definition) is 1. The van der Waals surface area contributed by atoms with Gasteiger partial charge in [-0.25, -0.2) is 0 Å². The summed E-state index contributed by atoms with van der Waals surface area (Å²) in [5, 5.41) is 0. The second-order valence-corrected chi connectivity index (χ2v) is 5.25. The van der Waals surface area contributed by atoms with E-state index in [2.05, 4.69) is 11.1 Å². The Morgan fingerprint density at radius 1 is 0.913 bits per heavy atom. The number of aryl methyl sites for hydroxylation is 1. The molecule has 1 radical (unpaired) electrons. The Kier molecular flexibility index (Phi) is 3.90. The SMILES string of the molecule is Cc1cc(-c2ccc(C(F)(F)F)cc2)cc(-c2c[c]ccc2)n1. The molecule has 3 aromatic rings. The molecule has 0 spiro atoms. The minimum atomic E-state index is -4.32. The van der Waals surface area contributed by atoms with Gasteiger partial charge in [-0.3, -0.25) is 4.98 Å². The van der Waals surface area contributed by atoms with Crippen molar-refractivity contribution in [3.05, 3.63) is 78.0 Å². The lowest BCUT2D eigenvalue weighted by molar-refractivity contribution is -0.137. The molecule has 0 saturated heterocycles. The third-order valence-electron chi connectivity index (χ3n) is 3.50. The molecule has 1 heterocycles. The zero-order valence-electron chi connectivity index (χ0n) is 12.4. The summed E-state index contributed by atoms with van der Waals surface area (Å²) in [6.45, 7) is 1.86. The first-order chi connectivity index (χ1) is 10.9. The molecule has 0 aliphatic rings. The van der Waals surface area contributed by atoms with Crippen molar-refractivity contribution in [1.82, 2.24) is 4.98 Å². The van der Waals surface area contributed by atoms with Gasteiger partial charge in [-0.15, -0.1) is 0 Å². The van der Waals surface area contributed by atoms with Crippen molar-refractivity contribution in [2.45, 2.75) is 13.1 Å². The summed E-state index contributed by atoms with van der Waals surface area (Å²) in [5.74, 6) is 0. The van der Waals surface area contributed by atoms with Crippen molar-refractivity contribution in [1.29, 1.82) is 0 Å². The first-order valence-corrected chi connectivity index (χ1v) is 7.06. The van der Waals surface area contributed by atoms with Gasteiger partial charge in [0.1, 0.15) is 0 Å². The van der Waals surface area contributed by atoms with Crippen molar-refractivity contribution < 1.29 is 13.2 Å². The lowest BCUT2D eigenvalue weighted by Crippen LogP contribution is -2.04. The van der Waals surface area contributed by atoms with Gasteiger partial charge in [-0.1, -0.05) is 30.3 Å². The van der Waals surface area contributed by atoms with Gasteiger partial charge in [-0.05, 0) is 54.4 Å². The summed E-state index contributed by atoms with van der Waals surface area (Å²) in [7, 11) is 0. The fourth-order valence-corrected chi connectivity index (χ4v) is 2.39. The molecule has 0 aliphatic heterocycles. The quantitative estimate of drug-likeness (QED) is 0.605. The van der Waals surface area contributed by atoms with E-state index in [9.17, 15) is 13.2 Å². The van der Waals surface area contributed by atoms with E-state index in [-0.39, 0.29) is 0 Å². The van der Waals surface area contributed by atoms with Crippen molar-refractivity contribution in [3.8, 4) is 22.4 Å². The summed E-state index contributed by atoms with van der Waals surface area (Å²) in [5.41, 5.74) is 3.42. The Hall–Kier alpha value is -2.62. The number of halogens is 3. The molecule has 115 valence electrons. The topological polar surface area (TPSA) is 12.9 Å². The van der Waals surface area contributed by atoms with E-state index in [0.29, 0.717) is 0 Å². The molecule has 0 atom stereocenters. The van der Waals surface area contributed by atoms with Crippen LogP contribution >= 0.6 is 0 Å². The molecule has 3 rings (SSSR count). The first kappa shape index (κ1) is 15.3. The minimum absolute atomic E-state index is 0.648. The van der Waals surface area contributed by atoms with E-state index in [1.807, 2.05) is 37.3 Å². The monoisotopic (exact) mass is 312 g/mol. The van der Waals surface area contributed by atoms with Crippen LogP contribution in [0.5, 0.6) is 0 Å². The highest BCUT2D eigenvalue weighted by Crippen LogP contribution is 2.32. The largest absolute Gasteiger partial charge is 0.416 e. The highest BCUT2D eigenvalue weighted by molar-refractivity contribution is 5.71. The summed E-state index contributed by atoms with van der Waals surface area (Å²) in [6, 6.07) is 19.3. The normalized spacial score (nSPS) is 11.5. The van der Waals surface area contributed by atoms with Crippen LogP contribution in [0.3, 0.4) is 0 Å². The number of rotatable bonds is 2. The zero-order valence-corrected chi connectivity index (χ0v) is 12.4. The number of hydrogen-bond donors (Lipinski definition) is 0. The maximum Gasteiger partial charge on any atom is 0.416 e. The minimum Gasteiger partial charge on any atom is -0.253 e. The van der Waals surface area contributed by atoms with E-state index in [1.165, 1.54) is 12.1 Å². The van der Waals surface area contributed by atoms with Gasteiger partial charge in [0.2, 0.25) is 0 Å². The van der Waals surface area contributed by atoms with E-state index in [0.717, 1.165) is 40.2 Å². The van der Waals surface area contributed by atoms with Crippen molar-refractivity contribution in [2.24, 2.45) is 0 Å². The van der Waals surface area contributed by atoms with Gasteiger partial charge in [0.25, 0.3) is 0 Å². The van der Waals surface area contributed by atoms with Crippen LogP contribution in [0.2, 0.25) is 0 Å². The standard InChI is InChI=1S/C19H13F3N/c1-13-11-16(12-18(23-13)15-5-3-2-4-6-15)14-7-9-17(10-8-14)19(20,21)22/h2-3,5-12H,1H3. The summed E-state index contributed by atoms with van der Waals surface area (Å²) in [4.78, 5) is 4.49. The summed E-state index contributed by atoms with van der Waals surface area (Å²) in [6.07, 6.45) is -4.32. The van der Waals surface area contributed by atoms with Gasteiger partial charge in [0.15, 0.2) is 0 Å². The van der Waals surface area contributed by atoms with Crippen LogP contribution < -0.4 is 0 Å². The molecule has 0 unspecified atom stereocenters. The second-order valence-electron chi connectivity index (χ2n) is 5.25. The lowest BCUT2D eigenvalue weighted by atomic mass is 10.0. The molecular formula is C19H13F3N. The number of benzene rings is 2.